The number of hydrogen-bond donors (Lipinski definition) is 1. The third-order valence-electron chi connectivity index (χ3n) is 5.00. The summed E-state index contributed by atoms with van der Waals surface area (Å²) in [6.45, 7) is 1.60. The van der Waals surface area contributed by atoms with Crippen LogP contribution < -0.4 is 14.8 Å². The molecular formula is C21H25N3O4. The molecule has 0 radical (unpaired) electrons. The van der Waals surface area contributed by atoms with E-state index in [1.165, 1.54) is 0 Å². The monoisotopic (exact) mass is 383 g/mol. The fourth-order valence-corrected chi connectivity index (χ4v) is 3.33. The van der Waals surface area contributed by atoms with Crippen molar-refractivity contribution in [2.75, 3.05) is 27.3 Å². The molecule has 28 heavy (non-hydrogen) atoms. The first kappa shape index (κ1) is 19.7. The van der Waals surface area contributed by atoms with Crippen molar-refractivity contribution in [2.45, 2.75) is 19.4 Å². The van der Waals surface area contributed by atoms with Gasteiger partial charge in [-0.2, -0.15) is 0 Å². The molecule has 0 saturated carbocycles. The minimum absolute atomic E-state index is 0.0371. The molecule has 2 aromatic rings. The predicted molar refractivity (Wildman–Crippen MR) is 104 cm³/mol. The lowest BCUT2D eigenvalue weighted by atomic mass is 9.95. The Kier molecular flexibility index (Phi) is 6.47. The van der Waals surface area contributed by atoms with Gasteiger partial charge in [-0.05, 0) is 48.7 Å². The molecular weight excluding hydrogens is 358 g/mol. The first-order valence-electron chi connectivity index (χ1n) is 9.30. The maximum absolute atomic E-state index is 12.8. The number of aromatic nitrogens is 1. The van der Waals surface area contributed by atoms with Gasteiger partial charge in [-0.1, -0.05) is 0 Å². The van der Waals surface area contributed by atoms with Gasteiger partial charge in [0.25, 0.3) is 5.91 Å². The van der Waals surface area contributed by atoms with Crippen LogP contribution in [0.15, 0.2) is 42.7 Å². The maximum atomic E-state index is 12.8. The summed E-state index contributed by atoms with van der Waals surface area (Å²) in [7, 11) is 3.10. The smallest absolute Gasteiger partial charge is 0.253 e. The highest BCUT2D eigenvalue weighted by atomic mass is 16.5. The molecule has 0 unspecified atom stereocenters. The summed E-state index contributed by atoms with van der Waals surface area (Å²) < 4.78 is 10.5. The number of carbonyl (C=O) groups is 2. The zero-order chi connectivity index (χ0) is 19.9. The van der Waals surface area contributed by atoms with Crippen molar-refractivity contribution in [3.63, 3.8) is 0 Å². The largest absolute Gasteiger partial charge is 0.493 e. The number of methoxy groups -OCH3 is 2. The summed E-state index contributed by atoms with van der Waals surface area (Å²) >= 11 is 0. The normalized spacial score (nSPS) is 14.4. The predicted octanol–water partition coefficient (Wildman–Crippen LogP) is 2.27. The van der Waals surface area contributed by atoms with Crippen molar-refractivity contribution in [3.8, 4) is 11.5 Å². The molecule has 3 rings (SSSR count). The van der Waals surface area contributed by atoms with Crippen LogP contribution in [0.3, 0.4) is 0 Å². The molecule has 7 heteroatoms. The highest BCUT2D eigenvalue weighted by Gasteiger charge is 2.28. The molecule has 1 aromatic carbocycles. The second-order valence-electron chi connectivity index (χ2n) is 6.71. The number of ether oxygens (including phenoxy) is 2. The fraction of sp³-hybridized carbons (Fsp3) is 0.381. The Morgan fingerprint density at radius 1 is 1.07 bits per heavy atom. The summed E-state index contributed by atoms with van der Waals surface area (Å²) in [6, 6.07) is 8.91. The quantitative estimate of drug-likeness (QED) is 0.828. The molecule has 148 valence electrons. The second kappa shape index (κ2) is 9.21. The van der Waals surface area contributed by atoms with Gasteiger partial charge in [0.1, 0.15) is 0 Å². The standard InChI is InChI=1S/C21H25N3O4/c1-27-18-4-3-17(13-19(18)28-2)21(26)24-11-7-16(8-12-24)20(25)23-14-15-5-9-22-10-6-15/h3-6,9-10,13,16H,7-8,11-12,14H2,1-2H3,(H,23,25). The van der Waals surface area contributed by atoms with Crippen molar-refractivity contribution in [1.29, 1.82) is 0 Å². The number of nitrogens with zero attached hydrogens (tertiary/aromatic N) is 2. The van der Waals surface area contributed by atoms with Gasteiger partial charge in [-0.15, -0.1) is 0 Å². The molecule has 1 saturated heterocycles. The molecule has 1 fully saturated rings. The van der Waals surface area contributed by atoms with Gasteiger partial charge in [-0.3, -0.25) is 14.6 Å². The summed E-state index contributed by atoms with van der Waals surface area (Å²) in [6.07, 6.45) is 4.72. The van der Waals surface area contributed by atoms with Crippen LogP contribution in [0.25, 0.3) is 0 Å². The number of likely N-dealkylation sites (tertiary alicyclic amines) is 1. The van der Waals surface area contributed by atoms with Crippen LogP contribution in [0.4, 0.5) is 0 Å². The zero-order valence-corrected chi connectivity index (χ0v) is 16.2. The topological polar surface area (TPSA) is 80.8 Å². The van der Waals surface area contributed by atoms with Gasteiger partial charge >= 0.3 is 0 Å². The van der Waals surface area contributed by atoms with Gasteiger partial charge in [0.2, 0.25) is 5.91 Å². The minimum atomic E-state index is -0.0729. The Balaban J connectivity index is 1.53. The zero-order valence-electron chi connectivity index (χ0n) is 16.2. The van der Waals surface area contributed by atoms with E-state index in [0.717, 1.165) is 5.56 Å². The molecule has 1 aliphatic heterocycles. The Bertz CT molecular complexity index is 818. The van der Waals surface area contributed by atoms with E-state index in [1.807, 2.05) is 12.1 Å². The van der Waals surface area contributed by atoms with E-state index in [2.05, 4.69) is 10.3 Å². The highest BCUT2D eigenvalue weighted by molar-refractivity contribution is 5.95. The van der Waals surface area contributed by atoms with Crippen LogP contribution in [0.1, 0.15) is 28.8 Å². The average Bonchev–Trinajstić information content (AvgIpc) is 2.77. The average molecular weight is 383 g/mol. The van der Waals surface area contributed by atoms with Crippen molar-refractivity contribution < 1.29 is 19.1 Å². The Morgan fingerprint density at radius 3 is 2.39 bits per heavy atom. The van der Waals surface area contributed by atoms with Crippen molar-refractivity contribution in [2.24, 2.45) is 5.92 Å². The number of pyridine rings is 1. The van der Waals surface area contributed by atoms with E-state index in [0.29, 0.717) is 49.5 Å². The van der Waals surface area contributed by atoms with E-state index in [-0.39, 0.29) is 17.7 Å². The number of benzene rings is 1. The second-order valence-corrected chi connectivity index (χ2v) is 6.71. The molecule has 1 aliphatic rings. The molecule has 1 N–H and O–H groups in total. The van der Waals surface area contributed by atoms with E-state index in [1.54, 1.807) is 49.7 Å². The first-order chi connectivity index (χ1) is 13.6. The van der Waals surface area contributed by atoms with Gasteiger partial charge in [0.05, 0.1) is 14.2 Å². The summed E-state index contributed by atoms with van der Waals surface area (Å²) in [5, 5.41) is 2.97. The van der Waals surface area contributed by atoms with Crippen LogP contribution in [0, 0.1) is 5.92 Å². The van der Waals surface area contributed by atoms with Crippen LogP contribution in [0.2, 0.25) is 0 Å². The summed E-state index contributed by atoms with van der Waals surface area (Å²) in [4.78, 5) is 30.9. The van der Waals surface area contributed by atoms with E-state index < -0.39 is 0 Å². The highest BCUT2D eigenvalue weighted by Crippen LogP contribution is 2.28. The number of amides is 2. The first-order valence-corrected chi connectivity index (χ1v) is 9.30. The van der Waals surface area contributed by atoms with Crippen LogP contribution in [-0.2, 0) is 11.3 Å². The molecule has 0 spiro atoms. The molecule has 0 atom stereocenters. The van der Waals surface area contributed by atoms with Crippen LogP contribution >= 0.6 is 0 Å². The van der Waals surface area contributed by atoms with Crippen molar-refractivity contribution >= 4 is 11.8 Å². The van der Waals surface area contributed by atoms with Gasteiger partial charge < -0.3 is 19.7 Å². The van der Waals surface area contributed by atoms with E-state index in [4.69, 9.17) is 9.47 Å². The Morgan fingerprint density at radius 2 is 1.75 bits per heavy atom. The molecule has 0 bridgehead atoms. The Hall–Kier alpha value is -3.09. The molecule has 0 aliphatic carbocycles. The minimum Gasteiger partial charge on any atom is -0.493 e. The third-order valence-corrected chi connectivity index (χ3v) is 5.00. The van der Waals surface area contributed by atoms with E-state index in [9.17, 15) is 9.59 Å². The molecule has 1 aromatic heterocycles. The molecule has 2 amide bonds. The van der Waals surface area contributed by atoms with Crippen molar-refractivity contribution in [1.82, 2.24) is 15.2 Å². The van der Waals surface area contributed by atoms with Gasteiger partial charge in [-0.25, -0.2) is 0 Å². The number of carbonyl (C=O) groups excluding carboxylic acids is 2. The number of rotatable bonds is 6. The lowest BCUT2D eigenvalue weighted by molar-refractivity contribution is -0.126. The summed E-state index contributed by atoms with van der Waals surface area (Å²) in [5.41, 5.74) is 1.57. The number of hydrogen-bond acceptors (Lipinski definition) is 5. The SMILES string of the molecule is COc1ccc(C(=O)N2CCC(C(=O)NCc3ccncc3)CC2)cc1OC. The van der Waals surface area contributed by atoms with Gasteiger partial charge in [0.15, 0.2) is 11.5 Å². The summed E-state index contributed by atoms with van der Waals surface area (Å²) in [5.74, 6) is 1.02. The molecule has 7 nitrogen and oxygen atoms in total. The van der Waals surface area contributed by atoms with Gasteiger partial charge in [0, 0.05) is 43.5 Å². The number of piperidine rings is 1. The molecule has 2 heterocycles. The Labute approximate surface area is 164 Å². The van der Waals surface area contributed by atoms with Crippen molar-refractivity contribution in [3.05, 3.63) is 53.9 Å². The number of nitrogens with one attached hydrogen (secondary N) is 1. The lowest BCUT2D eigenvalue weighted by Gasteiger charge is -2.31. The lowest BCUT2D eigenvalue weighted by Crippen LogP contribution is -2.42. The fourth-order valence-electron chi connectivity index (χ4n) is 3.33. The van der Waals surface area contributed by atoms with Crippen LogP contribution in [-0.4, -0.2) is 49.0 Å². The third kappa shape index (κ3) is 4.60. The van der Waals surface area contributed by atoms with E-state index >= 15 is 0 Å². The van der Waals surface area contributed by atoms with Crippen LogP contribution in [0.5, 0.6) is 11.5 Å². The maximum Gasteiger partial charge on any atom is 0.253 e.